The molecule has 1 aromatic carbocycles. The zero-order valence-corrected chi connectivity index (χ0v) is 25.8. The highest BCUT2D eigenvalue weighted by atomic mass is 35.5. The minimum atomic E-state index is -0.389. The number of phenolic OH excluding ortho intramolecular Hbond substituents is 1. The van der Waals surface area contributed by atoms with Crippen molar-refractivity contribution in [3.63, 3.8) is 0 Å². The average Bonchev–Trinajstić information content (AvgIpc) is 2.97. The van der Waals surface area contributed by atoms with Gasteiger partial charge in [-0.1, -0.05) is 49.7 Å². The van der Waals surface area contributed by atoms with Gasteiger partial charge in [0.2, 0.25) is 11.7 Å². The van der Waals surface area contributed by atoms with E-state index in [2.05, 4.69) is 16.5 Å². The Labute approximate surface area is 258 Å². The van der Waals surface area contributed by atoms with Gasteiger partial charge in [-0.2, -0.15) is 0 Å². The molecule has 2 unspecified atom stereocenters. The number of hydrogen-bond donors (Lipinski definition) is 1. The maximum atomic E-state index is 14.6. The Morgan fingerprint density at radius 1 is 1.19 bits per heavy atom. The first-order valence-corrected chi connectivity index (χ1v) is 14.8. The van der Waals surface area contributed by atoms with Crippen molar-refractivity contribution in [2.45, 2.75) is 45.7 Å². The van der Waals surface area contributed by atoms with Crippen LogP contribution in [-0.4, -0.2) is 62.2 Å². The number of pyridine rings is 3. The van der Waals surface area contributed by atoms with E-state index in [4.69, 9.17) is 32.9 Å². The Kier molecular flexibility index (Phi) is 7.34. The molecule has 2 aliphatic heterocycles. The van der Waals surface area contributed by atoms with E-state index in [1.807, 2.05) is 33.8 Å². The number of fused-ring (bicyclic) bond motifs is 5. The molecule has 43 heavy (non-hydrogen) atoms. The molecule has 0 aliphatic carbocycles. The van der Waals surface area contributed by atoms with Crippen LogP contribution in [0.25, 0.3) is 28.0 Å². The Hall–Kier alpha value is -4.08. The summed E-state index contributed by atoms with van der Waals surface area (Å²) in [6, 6.07) is 8.02. The lowest BCUT2D eigenvalue weighted by Gasteiger charge is -2.48. The van der Waals surface area contributed by atoms with Crippen LogP contribution in [0.5, 0.6) is 11.5 Å². The summed E-state index contributed by atoms with van der Waals surface area (Å²) in [5, 5.41) is 11.9. The molecule has 9 nitrogen and oxygen atoms in total. The first-order valence-electron chi connectivity index (χ1n) is 14.1. The van der Waals surface area contributed by atoms with E-state index >= 15 is 0 Å². The van der Waals surface area contributed by atoms with Crippen molar-refractivity contribution in [2.75, 3.05) is 24.6 Å². The van der Waals surface area contributed by atoms with Gasteiger partial charge in [-0.3, -0.25) is 19.1 Å². The normalized spacial score (nSPS) is 17.9. The smallest absolute Gasteiger partial charge is 0.301 e. The molecule has 11 heteroatoms. The number of phenols is 1. The highest BCUT2D eigenvalue weighted by molar-refractivity contribution is 6.37. The van der Waals surface area contributed by atoms with Crippen molar-refractivity contribution >= 4 is 45.8 Å². The minimum absolute atomic E-state index is 0.00566. The fourth-order valence-corrected chi connectivity index (χ4v) is 6.64. The topological polar surface area (TPSA) is 101 Å². The van der Waals surface area contributed by atoms with Crippen molar-refractivity contribution in [1.29, 1.82) is 0 Å². The monoisotopic (exact) mass is 619 g/mol. The third-order valence-electron chi connectivity index (χ3n) is 8.19. The molecule has 1 fully saturated rings. The van der Waals surface area contributed by atoms with Crippen molar-refractivity contribution in [3.05, 3.63) is 80.8 Å². The Morgan fingerprint density at radius 3 is 2.65 bits per heavy atom. The standard InChI is InChI=1S/C32H31Cl2N5O4/c1-6-24(41)37-14-19-15-43-30-29(38(19)13-18(37)5)20-12-22(34)27(25-21(33)8-7-9-23(25)40)36-31(20)39(32(30)42)28-17(4)10-11-35-26(28)16(2)3/h6-12,16,18-19,40H,1,13-15H2,2-5H3. The van der Waals surface area contributed by atoms with Crippen molar-refractivity contribution in [1.82, 2.24) is 19.4 Å². The van der Waals surface area contributed by atoms with Crippen LogP contribution in [0.3, 0.4) is 0 Å². The second kappa shape index (κ2) is 10.9. The SMILES string of the molecule is C=CC(=O)N1CC2COc3c(c4cc(Cl)c(-c5c(O)cccc5Cl)nc4n(-c4c(C)ccnc4C(C)C)c3=O)N2CC1C. The number of amides is 1. The minimum Gasteiger partial charge on any atom is -0.507 e. The zero-order valence-electron chi connectivity index (χ0n) is 24.3. The van der Waals surface area contributed by atoms with Crippen LogP contribution in [0, 0.1) is 6.92 Å². The molecule has 5 heterocycles. The van der Waals surface area contributed by atoms with Crippen LogP contribution < -0.4 is 15.2 Å². The van der Waals surface area contributed by atoms with Crippen LogP contribution in [0.1, 0.15) is 37.9 Å². The Morgan fingerprint density at radius 2 is 1.95 bits per heavy atom. The second-order valence-corrected chi connectivity index (χ2v) is 12.1. The van der Waals surface area contributed by atoms with Gasteiger partial charge >= 0.3 is 5.56 Å². The molecular weight excluding hydrogens is 589 g/mol. The van der Waals surface area contributed by atoms with Gasteiger partial charge in [-0.15, -0.1) is 0 Å². The number of aryl methyl sites for hydroxylation is 1. The first-order chi connectivity index (χ1) is 20.5. The van der Waals surface area contributed by atoms with E-state index in [1.54, 1.807) is 33.9 Å². The van der Waals surface area contributed by atoms with Gasteiger partial charge in [0.1, 0.15) is 12.4 Å². The highest BCUT2D eigenvalue weighted by Crippen LogP contribution is 2.45. The molecule has 0 radical (unpaired) electrons. The van der Waals surface area contributed by atoms with Crippen LogP contribution >= 0.6 is 23.2 Å². The Bertz CT molecular complexity index is 1850. The van der Waals surface area contributed by atoms with Gasteiger partial charge in [-0.25, -0.2) is 4.98 Å². The molecule has 6 rings (SSSR count). The Balaban J connectivity index is 1.70. The number of carbonyl (C=O) groups is 1. The third kappa shape index (κ3) is 4.62. The molecule has 1 amide bonds. The molecule has 1 N–H and O–H groups in total. The number of benzene rings is 1. The van der Waals surface area contributed by atoms with E-state index < -0.39 is 0 Å². The van der Waals surface area contributed by atoms with E-state index in [-0.39, 0.29) is 68.9 Å². The molecule has 4 aromatic rings. The summed E-state index contributed by atoms with van der Waals surface area (Å²) in [5.74, 6) is -0.0633. The lowest BCUT2D eigenvalue weighted by atomic mass is 10.0. The van der Waals surface area contributed by atoms with Gasteiger partial charge in [0.25, 0.3) is 0 Å². The molecular formula is C32H31Cl2N5O4. The van der Waals surface area contributed by atoms with Gasteiger partial charge in [0.05, 0.1) is 44.4 Å². The number of ether oxygens (including phenoxy) is 1. The van der Waals surface area contributed by atoms with Gasteiger partial charge in [-0.05, 0) is 55.7 Å². The second-order valence-electron chi connectivity index (χ2n) is 11.3. The average molecular weight is 621 g/mol. The molecule has 1 saturated heterocycles. The summed E-state index contributed by atoms with van der Waals surface area (Å²) in [7, 11) is 0. The summed E-state index contributed by atoms with van der Waals surface area (Å²) in [6.07, 6.45) is 3.04. The number of halogens is 2. The molecule has 0 spiro atoms. The zero-order chi connectivity index (χ0) is 30.7. The van der Waals surface area contributed by atoms with E-state index in [0.717, 1.165) is 11.3 Å². The molecule has 2 aliphatic rings. The number of hydrogen-bond acceptors (Lipinski definition) is 7. The number of anilines is 1. The number of aromatic hydroxyl groups is 1. The maximum absolute atomic E-state index is 14.6. The number of nitrogens with zero attached hydrogens (tertiary/aromatic N) is 5. The van der Waals surface area contributed by atoms with E-state index in [1.165, 1.54) is 12.1 Å². The summed E-state index contributed by atoms with van der Waals surface area (Å²) in [4.78, 5) is 40.6. The summed E-state index contributed by atoms with van der Waals surface area (Å²) < 4.78 is 7.78. The fraction of sp³-hybridized carbons (Fsp3) is 0.312. The largest absolute Gasteiger partial charge is 0.507 e. The molecule has 3 aromatic heterocycles. The first kappa shape index (κ1) is 29.0. The van der Waals surface area contributed by atoms with Crippen molar-refractivity contribution < 1.29 is 14.6 Å². The highest BCUT2D eigenvalue weighted by Gasteiger charge is 2.41. The van der Waals surface area contributed by atoms with Crippen LogP contribution in [-0.2, 0) is 4.79 Å². The summed E-state index contributed by atoms with van der Waals surface area (Å²) in [6.45, 7) is 12.7. The summed E-state index contributed by atoms with van der Waals surface area (Å²) in [5.41, 5.74) is 3.17. The van der Waals surface area contributed by atoms with Gasteiger partial charge in [0.15, 0.2) is 5.65 Å². The lowest BCUT2D eigenvalue weighted by molar-refractivity contribution is -0.129. The number of piperazine rings is 1. The van der Waals surface area contributed by atoms with Crippen LogP contribution in [0.2, 0.25) is 10.0 Å². The van der Waals surface area contributed by atoms with E-state index in [0.29, 0.717) is 35.5 Å². The number of rotatable bonds is 4. The van der Waals surface area contributed by atoms with Gasteiger partial charge in [0, 0.05) is 30.7 Å². The summed E-state index contributed by atoms with van der Waals surface area (Å²) >= 11 is 13.4. The lowest BCUT2D eigenvalue weighted by Crippen LogP contribution is -2.62. The predicted molar refractivity (Wildman–Crippen MR) is 169 cm³/mol. The van der Waals surface area contributed by atoms with Crippen LogP contribution in [0.15, 0.2) is 54.0 Å². The van der Waals surface area contributed by atoms with Crippen molar-refractivity contribution in [3.8, 4) is 28.4 Å². The molecule has 0 saturated carbocycles. The van der Waals surface area contributed by atoms with Gasteiger partial charge < -0.3 is 19.6 Å². The van der Waals surface area contributed by atoms with E-state index in [9.17, 15) is 14.7 Å². The molecule has 0 bridgehead atoms. The van der Waals surface area contributed by atoms with Crippen molar-refractivity contribution in [2.24, 2.45) is 0 Å². The number of aromatic nitrogens is 3. The third-order valence-corrected chi connectivity index (χ3v) is 8.80. The maximum Gasteiger partial charge on any atom is 0.301 e. The molecule has 222 valence electrons. The number of carbonyl (C=O) groups excluding carboxylic acids is 1. The van der Waals surface area contributed by atoms with Crippen LogP contribution in [0.4, 0.5) is 5.69 Å². The fourth-order valence-electron chi connectivity index (χ4n) is 6.13. The quantitative estimate of drug-likeness (QED) is 0.285. The molecule has 2 atom stereocenters. The predicted octanol–water partition coefficient (Wildman–Crippen LogP) is 5.88.